The number of hydrogen-bond acceptors (Lipinski definition) is 5. The van der Waals surface area contributed by atoms with Gasteiger partial charge in [0.2, 0.25) is 0 Å². The van der Waals surface area contributed by atoms with Gasteiger partial charge in [0.15, 0.2) is 0 Å². The van der Waals surface area contributed by atoms with E-state index in [9.17, 15) is 9.90 Å². The summed E-state index contributed by atoms with van der Waals surface area (Å²) >= 11 is 1.63. The Kier molecular flexibility index (Phi) is 5.88. The first-order chi connectivity index (χ1) is 15.7. The first-order valence-corrected chi connectivity index (χ1v) is 11.7. The summed E-state index contributed by atoms with van der Waals surface area (Å²) in [5.74, 6) is 0.721. The van der Waals surface area contributed by atoms with Gasteiger partial charge in [-0.05, 0) is 54.8 Å². The van der Waals surface area contributed by atoms with E-state index in [1.165, 1.54) is 0 Å². The molecule has 2 atom stereocenters. The fourth-order valence-electron chi connectivity index (χ4n) is 4.38. The molecule has 2 heterocycles. The molecule has 3 aromatic carbocycles. The molecule has 1 aliphatic rings. The molecule has 0 aliphatic carbocycles. The number of thiazole rings is 1. The van der Waals surface area contributed by atoms with E-state index in [2.05, 4.69) is 11.0 Å². The van der Waals surface area contributed by atoms with Gasteiger partial charge < -0.3 is 9.84 Å². The average molecular weight is 445 g/mol. The first kappa shape index (κ1) is 20.7. The van der Waals surface area contributed by atoms with Crippen molar-refractivity contribution in [1.29, 1.82) is 0 Å². The molecule has 162 valence electrons. The zero-order chi connectivity index (χ0) is 21.9. The van der Waals surface area contributed by atoms with Crippen molar-refractivity contribution >= 4 is 27.5 Å². The number of likely N-dealkylation sites (tertiary alicyclic amines) is 1. The van der Waals surface area contributed by atoms with E-state index in [1.54, 1.807) is 11.3 Å². The lowest BCUT2D eigenvalue weighted by Crippen LogP contribution is -2.46. The molecule has 0 amide bonds. The van der Waals surface area contributed by atoms with Crippen LogP contribution in [0.3, 0.4) is 0 Å². The van der Waals surface area contributed by atoms with Crippen molar-refractivity contribution in [2.75, 3.05) is 6.54 Å². The van der Waals surface area contributed by atoms with Crippen LogP contribution < -0.4 is 4.74 Å². The zero-order valence-electron chi connectivity index (χ0n) is 17.6. The highest BCUT2D eigenvalue weighted by Gasteiger charge is 2.36. The van der Waals surface area contributed by atoms with Gasteiger partial charge >= 0.3 is 5.97 Å². The molecule has 0 radical (unpaired) electrons. The molecule has 1 aromatic heterocycles. The Labute approximate surface area is 190 Å². The number of benzene rings is 3. The Balaban J connectivity index is 1.58. The summed E-state index contributed by atoms with van der Waals surface area (Å²) in [6, 6.07) is 24.9. The van der Waals surface area contributed by atoms with Crippen LogP contribution in [0.2, 0.25) is 0 Å². The number of carboxylic acid groups (broad SMARTS) is 1. The van der Waals surface area contributed by atoms with Crippen molar-refractivity contribution in [3.63, 3.8) is 0 Å². The minimum Gasteiger partial charge on any atom is -0.480 e. The SMILES string of the molecule is O=C(O)C1CCCCN1C(c1cccc(Oc2ccccc2)c1)c1nc2ccccc2s1. The Bertz CT molecular complexity index is 1190. The van der Waals surface area contributed by atoms with Crippen LogP contribution in [0.25, 0.3) is 10.2 Å². The number of carbonyl (C=O) groups is 1. The van der Waals surface area contributed by atoms with Crippen molar-refractivity contribution in [1.82, 2.24) is 9.88 Å². The predicted molar refractivity (Wildman–Crippen MR) is 126 cm³/mol. The van der Waals surface area contributed by atoms with Crippen LogP contribution in [0.15, 0.2) is 78.9 Å². The quantitative estimate of drug-likeness (QED) is 0.388. The molecule has 2 unspecified atom stereocenters. The molecule has 5 nitrogen and oxygen atoms in total. The highest BCUT2D eigenvalue weighted by Crippen LogP contribution is 2.39. The summed E-state index contributed by atoms with van der Waals surface area (Å²) < 4.78 is 7.18. The third kappa shape index (κ3) is 4.24. The number of ether oxygens (including phenoxy) is 1. The minimum absolute atomic E-state index is 0.242. The van der Waals surface area contributed by atoms with Crippen LogP contribution in [0.5, 0.6) is 11.5 Å². The first-order valence-electron chi connectivity index (χ1n) is 10.9. The Morgan fingerprint density at radius 1 is 1.00 bits per heavy atom. The Morgan fingerprint density at radius 3 is 2.59 bits per heavy atom. The predicted octanol–water partition coefficient (Wildman–Crippen LogP) is 6.12. The van der Waals surface area contributed by atoms with Gasteiger partial charge in [0.1, 0.15) is 22.5 Å². The smallest absolute Gasteiger partial charge is 0.320 e. The van der Waals surface area contributed by atoms with Crippen molar-refractivity contribution in [2.45, 2.75) is 31.3 Å². The number of aliphatic carboxylic acids is 1. The van der Waals surface area contributed by atoms with Crippen molar-refractivity contribution in [3.05, 3.63) is 89.4 Å². The number of carboxylic acids is 1. The van der Waals surface area contributed by atoms with Gasteiger partial charge in [-0.3, -0.25) is 9.69 Å². The molecule has 1 saturated heterocycles. The second-order valence-electron chi connectivity index (χ2n) is 8.00. The van der Waals surface area contributed by atoms with E-state index < -0.39 is 12.0 Å². The maximum Gasteiger partial charge on any atom is 0.320 e. The number of fused-ring (bicyclic) bond motifs is 1. The van der Waals surface area contributed by atoms with E-state index in [-0.39, 0.29) is 6.04 Å². The van der Waals surface area contributed by atoms with Crippen LogP contribution in [0.1, 0.15) is 35.9 Å². The molecular formula is C26H24N2O3S. The highest BCUT2D eigenvalue weighted by atomic mass is 32.1. The normalized spacial score (nSPS) is 17.8. The van der Waals surface area contributed by atoms with Crippen LogP contribution >= 0.6 is 11.3 Å². The van der Waals surface area contributed by atoms with Crippen molar-refractivity contribution in [2.24, 2.45) is 0 Å². The summed E-state index contributed by atoms with van der Waals surface area (Å²) in [5, 5.41) is 10.9. The number of rotatable bonds is 6. The second-order valence-corrected chi connectivity index (χ2v) is 9.06. The molecular weight excluding hydrogens is 420 g/mol. The van der Waals surface area contributed by atoms with Gasteiger partial charge in [-0.1, -0.05) is 48.9 Å². The lowest BCUT2D eigenvalue weighted by Gasteiger charge is -2.38. The van der Waals surface area contributed by atoms with Crippen LogP contribution in [0.4, 0.5) is 0 Å². The van der Waals surface area contributed by atoms with E-state index in [0.29, 0.717) is 6.42 Å². The molecule has 1 N–H and O–H groups in total. The largest absolute Gasteiger partial charge is 0.480 e. The highest BCUT2D eigenvalue weighted by molar-refractivity contribution is 7.18. The Morgan fingerprint density at radius 2 is 1.78 bits per heavy atom. The maximum absolute atomic E-state index is 12.1. The van der Waals surface area contributed by atoms with Gasteiger partial charge in [0, 0.05) is 6.54 Å². The second kappa shape index (κ2) is 9.10. The summed E-state index contributed by atoms with van der Waals surface area (Å²) in [4.78, 5) is 19.1. The molecule has 1 aliphatic heterocycles. The summed E-state index contributed by atoms with van der Waals surface area (Å²) in [6.07, 6.45) is 2.56. The molecule has 1 fully saturated rings. The molecule has 0 saturated carbocycles. The summed E-state index contributed by atoms with van der Waals surface area (Å²) in [5.41, 5.74) is 1.93. The topological polar surface area (TPSA) is 62.7 Å². The number of aromatic nitrogens is 1. The molecule has 0 bridgehead atoms. The van der Waals surface area contributed by atoms with Gasteiger partial charge in [0.05, 0.1) is 16.3 Å². The third-order valence-electron chi connectivity index (χ3n) is 5.86. The third-order valence-corrected chi connectivity index (χ3v) is 6.95. The fraction of sp³-hybridized carbons (Fsp3) is 0.231. The summed E-state index contributed by atoms with van der Waals surface area (Å²) in [7, 11) is 0. The lowest BCUT2D eigenvalue weighted by atomic mass is 9.96. The summed E-state index contributed by atoms with van der Waals surface area (Å²) in [6.45, 7) is 0.724. The van der Waals surface area contributed by atoms with Crippen LogP contribution in [-0.2, 0) is 4.79 Å². The van der Waals surface area contributed by atoms with Crippen molar-refractivity contribution < 1.29 is 14.6 Å². The van der Waals surface area contributed by atoms with E-state index >= 15 is 0 Å². The van der Waals surface area contributed by atoms with Gasteiger partial charge in [-0.2, -0.15) is 0 Å². The van der Waals surface area contributed by atoms with Gasteiger partial charge in [-0.15, -0.1) is 11.3 Å². The fourth-order valence-corrected chi connectivity index (χ4v) is 5.50. The zero-order valence-corrected chi connectivity index (χ0v) is 18.4. The average Bonchev–Trinajstić information content (AvgIpc) is 3.24. The minimum atomic E-state index is -0.771. The number of piperidine rings is 1. The van der Waals surface area contributed by atoms with E-state index in [0.717, 1.165) is 51.7 Å². The number of para-hydroxylation sites is 2. The molecule has 32 heavy (non-hydrogen) atoms. The van der Waals surface area contributed by atoms with E-state index in [4.69, 9.17) is 9.72 Å². The van der Waals surface area contributed by atoms with Crippen molar-refractivity contribution in [3.8, 4) is 11.5 Å². The number of hydrogen-bond donors (Lipinski definition) is 1. The lowest BCUT2D eigenvalue weighted by molar-refractivity contribution is -0.145. The molecule has 6 heteroatoms. The van der Waals surface area contributed by atoms with E-state index in [1.807, 2.05) is 72.8 Å². The van der Waals surface area contributed by atoms with Gasteiger partial charge in [-0.25, -0.2) is 4.98 Å². The Hall–Kier alpha value is -3.22. The van der Waals surface area contributed by atoms with Crippen LogP contribution in [-0.4, -0.2) is 33.5 Å². The monoisotopic (exact) mass is 444 g/mol. The van der Waals surface area contributed by atoms with Crippen LogP contribution in [0, 0.1) is 0 Å². The molecule has 4 aromatic rings. The standard InChI is InChI=1S/C26H24N2O3S/c29-26(30)22-14-6-7-16-28(22)24(25-27-21-13-4-5-15-23(21)32-25)18-9-8-12-20(17-18)31-19-10-2-1-3-11-19/h1-5,8-13,15,17,22,24H,6-7,14,16H2,(H,29,30). The molecule has 5 rings (SSSR count). The molecule has 0 spiro atoms. The van der Waals surface area contributed by atoms with Gasteiger partial charge in [0.25, 0.3) is 0 Å². The maximum atomic E-state index is 12.1. The number of nitrogens with zero attached hydrogens (tertiary/aromatic N) is 2.